The summed E-state index contributed by atoms with van der Waals surface area (Å²) in [5.41, 5.74) is 7.44. The fraction of sp³-hybridized carbons (Fsp3) is 0.571. The molecule has 2 nitrogen and oxygen atoms in total. The van der Waals surface area contributed by atoms with Crippen LogP contribution in [0.25, 0.3) is 0 Å². The van der Waals surface area contributed by atoms with E-state index in [2.05, 4.69) is 18.9 Å². The van der Waals surface area contributed by atoms with E-state index < -0.39 is 0 Å². The molecule has 3 heteroatoms. The predicted molar refractivity (Wildman–Crippen MR) is 67.9 cm³/mol. The van der Waals surface area contributed by atoms with Crippen LogP contribution in [-0.2, 0) is 13.1 Å². The summed E-state index contributed by atoms with van der Waals surface area (Å²) in [6.45, 7) is 3.44. The van der Waals surface area contributed by atoms with Gasteiger partial charge in [0.1, 0.15) is 5.82 Å². The van der Waals surface area contributed by atoms with Crippen LogP contribution in [0.5, 0.6) is 0 Å². The van der Waals surface area contributed by atoms with E-state index in [4.69, 9.17) is 5.73 Å². The first-order valence-corrected chi connectivity index (χ1v) is 6.29. The molecule has 1 unspecified atom stereocenters. The molecule has 1 aromatic carbocycles. The van der Waals surface area contributed by atoms with Gasteiger partial charge in [-0.15, -0.1) is 0 Å². The third-order valence-electron chi connectivity index (χ3n) is 3.68. The summed E-state index contributed by atoms with van der Waals surface area (Å²) in [6.07, 6.45) is 2.67. The van der Waals surface area contributed by atoms with Crippen LogP contribution in [0.2, 0.25) is 0 Å². The number of hydrogen-bond donors (Lipinski definition) is 1. The van der Waals surface area contributed by atoms with Crippen LogP contribution in [0.3, 0.4) is 0 Å². The van der Waals surface area contributed by atoms with Crippen molar-refractivity contribution in [3.8, 4) is 0 Å². The lowest BCUT2D eigenvalue weighted by molar-refractivity contribution is 0.226. The Morgan fingerprint density at radius 2 is 2.00 bits per heavy atom. The van der Waals surface area contributed by atoms with Crippen LogP contribution in [0.15, 0.2) is 18.2 Å². The molecule has 0 bridgehead atoms. The Labute approximate surface area is 103 Å². The van der Waals surface area contributed by atoms with Gasteiger partial charge in [0.2, 0.25) is 0 Å². The van der Waals surface area contributed by atoms with Gasteiger partial charge >= 0.3 is 0 Å². The van der Waals surface area contributed by atoms with Gasteiger partial charge in [0.05, 0.1) is 0 Å². The molecule has 0 aliphatic heterocycles. The minimum atomic E-state index is -0.185. The third-order valence-corrected chi connectivity index (χ3v) is 3.68. The lowest BCUT2D eigenvalue weighted by Crippen LogP contribution is -2.30. The zero-order valence-corrected chi connectivity index (χ0v) is 10.6. The molecule has 0 spiro atoms. The summed E-state index contributed by atoms with van der Waals surface area (Å²) in [6, 6.07) is 5.70. The lowest BCUT2D eigenvalue weighted by atomic mass is 10.1. The topological polar surface area (TPSA) is 29.3 Å². The van der Waals surface area contributed by atoms with Gasteiger partial charge in [-0.2, -0.15) is 0 Å². The van der Waals surface area contributed by atoms with Crippen LogP contribution < -0.4 is 5.73 Å². The molecule has 17 heavy (non-hydrogen) atoms. The Morgan fingerprint density at radius 1 is 1.35 bits per heavy atom. The maximum atomic E-state index is 13.4. The van der Waals surface area contributed by atoms with Gasteiger partial charge in [0.25, 0.3) is 0 Å². The molecule has 0 heterocycles. The summed E-state index contributed by atoms with van der Waals surface area (Å²) in [5, 5.41) is 0. The molecular formula is C14H21FN2. The summed E-state index contributed by atoms with van der Waals surface area (Å²) >= 11 is 0. The number of rotatable bonds is 5. The van der Waals surface area contributed by atoms with Crippen molar-refractivity contribution in [2.75, 3.05) is 7.05 Å². The first kappa shape index (κ1) is 12.5. The smallest absolute Gasteiger partial charge is 0.123 e. The van der Waals surface area contributed by atoms with Crippen molar-refractivity contribution in [1.29, 1.82) is 0 Å². The highest BCUT2D eigenvalue weighted by atomic mass is 19.1. The summed E-state index contributed by atoms with van der Waals surface area (Å²) in [4.78, 5) is 2.30. The van der Waals surface area contributed by atoms with E-state index in [0.29, 0.717) is 12.6 Å². The number of hydrogen-bond acceptors (Lipinski definition) is 2. The van der Waals surface area contributed by atoms with Crippen molar-refractivity contribution in [2.45, 2.75) is 38.9 Å². The molecule has 1 aromatic rings. The number of benzene rings is 1. The van der Waals surface area contributed by atoms with E-state index in [9.17, 15) is 4.39 Å². The molecule has 1 atom stereocenters. The maximum absolute atomic E-state index is 13.4. The monoisotopic (exact) mass is 236 g/mol. The van der Waals surface area contributed by atoms with Gasteiger partial charge in [0, 0.05) is 19.1 Å². The molecular weight excluding hydrogens is 215 g/mol. The largest absolute Gasteiger partial charge is 0.326 e. The van der Waals surface area contributed by atoms with E-state index >= 15 is 0 Å². The first-order valence-electron chi connectivity index (χ1n) is 6.29. The average Bonchev–Trinajstić information content (AvgIpc) is 3.10. The molecule has 2 N–H and O–H groups in total. The van der Waals surface area contributed by atoms with Crippen molar-refractivity contribution in [1.82, 2.24) is 4.90 Å². The highest BCUT2D eigenvalue weighted by molar-refractivity contribution is 5.24. The Kier molecular flexibility index (Phi) is 3.79. The van der Waals surface area contributed by atoms with E-state index in [-0.39, 0.29) is 5.82 Å². The van der Waals surface area contributed by atoms with Crippen molar-refractivity contribution in [3.05, 3.63) is 35.1 Å². The fourth-order valence-corrected chi connectivity index (χ4v) is 2.30. The molecule has 1 fully saturated rings. The van der Waals surface area contributed by atoms with Crippen LogP contribution in [0.4, 0.5) is 4.39 Å². The molecule has 0 saturated heterocycles. The van der Waals surface area contributed by atoms with Crippen molar-refractivity contribution >= 4 is 0 Å². The van der Waals surface area contributed by atoms with Gasteiger partial charge in [-0.1, -0.05) is 6.07 Å². The molecule has 0 radical (unpaired) electrons. The van der Waals surface area contributed by atoms with Crippen molar-refractivity contribution in [2.24, 2.45) is 11.7 Å². The lowest BCUT2D eigenvalue weighted by Gasteiger charge is -2.24. The normalized spacial score (nSPS) is 17.5. The molecule has 0 aromatic heterocycles. The minimum Gasteiger partial charge on any atom is -0.326 e. The van der Waals surface area contributed by atoms with Crippen LogP contribution in [0, 0.1) is 11.7 Å². The molecule has 1 aliphatic rings. The Bertz CT molecular complexity index is 388. The summed E-state index contributed by atoms with van der Waals surface area (Å²) in [7, 11) is 2.11. The number of halogens is 1. The SMILES string of the molecule is CC(C1CC1)N(C)Cc1cc(F)cc(CN)c1. The van der Waals surface area contributed by atoms with E-state index in [1.54, 1.807) is 6.07 Å². The van der Waals surface area contributed by atoms with Gasteiger partial charge in [-0.05, 0) is 56.0 Å². The molecule has 1 aliphatic carbocycles. The van der Waals surface area contributed by atoms with Crippen LogP contribution in [0.1, 0.15) is 30.9 Å². The number of nitrogens with two attached hydrogens (primary N) is 1. The Morgan fingerprint density at radius 3 is 2.59 bits per heavy atom. The molecule has 2 rings (SSSR count). The zero-order valence-electron chi connectivity index (χ0n) is 10.6. The Hall–Kier alpha value is -0.930. The quantitative estimate of drug-likeness (QED) is 0.851. The molecule has 1 saturated carbocycles. The predicted octanol–water partition coefficient (Wildman–Crippen LogP) is 2.51. The standard InChI is InChI=1S/C14H21FN2/c1-10(13-3-4-13)17(2)9-12-5-11(8-16)6-14(15)7-12/h5-7,10,13H,3-4,8-9,16H2,1-2H3. The van der Waals surface area contributed by atoms with Gasteiger partial charge in [0.15, 0.2) is 0 Å². The van der Waals surface area contributed by atoms with Gasteiger partial charge in [-0.25, -0.2) is 4.39 Å². The van der Waals surface area contributed by atoms with Gasteiger partial charge < -0.3 is 5.73 Å². The van der Waals surface area contributed by atoms with E-state index in [1.165, 1.54) is 18.9 Å². The van der Waals surface area contributed by atoms with E-state index in [1.807, 2.05) is 6.07 Å². The number of nitrogens with zero attached hydrogens (tertiary/aromatic N) is 1. The average molecular weight is 236 g/mol. The summed E-state index contributed by atoms with van der Waals surface area (Å²) < 4.78 is 13.4. The maximum Gasteiger partial charge on any atom is 0.123 e. The van der Waals surface area contributed by atoms with Crippen LogP contribution in [-0.4, -0.2) is 18.0 Å². The highest BCUT2D eigenvalue weighted by Gasteiger charge is 2.30. The van der Waals surface area contributed by atoms with Crippen molar-refractivity contribution in [3.63, 3.8) is 0 Å². The second kappa shape index (κ2) is 5.15. The van der Waals surface area contributed by atoms with Gasteiger partial charge in [-0.3, -0.25) is 4.90 Å². The molecule has 94 valence electrons. The second-order valence-electron chi connectivity index (χ2n) is 5.16. The Balaban J connectivity index is 2.03. The van der Waals surface area contributed by atoms with Crippen LogP contribution >= 0.6 is 0 Å². The van der Waals surface area contributed by atoms with Crippen molar-refractivity contribution < 1.29 is 4.39 Å². The van der Waals surface area contributed by atoms with E-state index in [0.717, 1.165) is 23.6 Å². The molecule has 0 amide bonds. The zero-order chi connectivity index (χ0) is 12.4. The third kappa shape index (κ3) is 3.27. The fourth-order valence-electron chi connectivity index (χ4n) is 2.30. The first-order chi connectivity index (χ1) is 8.10. The second-order valence-corrected chi connectivity index (χ2v) is 5.16. The highest BCUT2D eigenvalue weighted by Crippen LogP contribution is 2.35. The minimum absolute atomic E-state index is 0.185. The summed E-state index contributed by atoms with van der Waals surface area (Å²) in [5.74, 6) is 0.651.